The van der Waals surface area contributed by atoms with E-state index >= 15 is 0 Å². The topological polar surface area (TPSA) is 67.9 Å². The van der Waals surface area contributed by atoms with E-state index in [1.807, 2.05) is 12.1 Å². The molecule has 0 aliphatic carbocycles. The van der Waals surface area contributed by atoms with Crippen LogP contribution in [0.1, 0.15) is 12.8 Å². The van der Waals surface area contributed by atoms with Crippen LogP contribution in [0.2, 0.25) is 0 Å². The molecule has 0 spiro atoms. The van der Waals surface area contributed by atoms with E-state index in [2.05, 4.69) is 9.62 Å². The molecular weight excluding hydrogens is 352 g/mol. The number of nitrogens with zero attached hydrogens (tertiary/aromatic N) is 1. The Bertz CT molecular complexity index is 829. The predicted octanol–water partition coefficient (Wildman–Crippen LogP) is 3.11. The number of piperidine rings is 1. The third-order valence-electron chi connectivity index (χ3n) is 4.62. The zero-order chi connectivity index (χ0) is 18.6. The first-order valence-electron chi connectivity index (χ1n) is 8.57. The van der Waals surface area contributed by atoms with Gasteiger partial charge in [0.05, 0.1) is 13.2 Å². The molecule has 6 nitrogen and oxygen atoms in total. The Morgan fingerprint density at radius 1 is 1.00 bits per heavy atom. The van der Waals surface area contributed by atoms with Crippen molar-refractivity contribution in [2.45, 2.75) is 23.8 Å². The molecule has 2 aromatic rings. The van der Waals surface area contributed by atoms with E-state index in [1.54, 1.807) is 37.4 Å². The van der Waals surface area contributed by atoms with Gasteiger partial charge < -0.3 is 14.4 Å². The van der Waals surface area contributed by atoms with Crippen molar-refractivity contribution < 1.29 is 17.9 Å². The summed E-state index contributed by atoms with van der Waals surface area (Å²) in [6, 6.07) is 14.0. The number of hydrogen-bond donors (Lipinski definition) is 1. The van der Waals surface area contributed by atoms with Gasteiger partial charge in [0, 0.05) is 31.6 Å². The SMILES string of the molecule is COc1ccccc1S(=O)(=O)Nc1ccc(N2CCC(OC)CC2)cc1. The van der Waals surface area contributed by atoms with E-state index < -0.39 is 10.0 Å². The van der Waals surface area contributed by atoms with Gasteiger partial charge in [-0.1, -0.05) is 12.1 Å². The minimum atomic E-state index is -3.71. The first-order chi connectivity index (χ1) is 12.5. The Balaban J connectivity index is 1.71. The lowest BCUT2D eigenvalue weighted by Crippen LogP contribution is -2.36. The van der Waals surface area contributed by atoms with Crippen molar-refractivity contribution in [1.29, 1.82) is 0 Å². The number of ether oxygens (including phenoxy) is 2. The first kappa shape index (κ1) is 18.5. The summed E-state index contributed by atoms with van der Waals surface area (Å²) in [5.74, 6) is 0.317. The minimum absolute atomic E-state index is 0.119. The number of hydrogen-bond acceptors (Lipinski definition) is 5. The molecule has 0 unspecified atom stereocenters. The molecule has 3 rings (SSSR count). The molecule has 140 valence electrons. The number of para-hydroxylation sites is 1. The summed E-state index contributed by atoms with van der Waals surface area (Å²) in [5.41, 5.74) is 1.60. The van der Waals surface area contributed by atoms with Gasteiger partial charge in [0.25, 0.3) is 10.0 Å². The lowest BCUT2D eigenvalue weighted by molar-refractivity contribution is 0.0819. The molecule has 2 aromatic carbocycles. The predicted molar refractivity (Wildman–Crippen MR) is 102 cm³/mol. The maximum atomic E-state index is 12.6. The number of sulfonamides is 1. The highest BCUT2D eigenvalue weighted by Crippen LogP contribution is 2.27. The van der Waals surface area contributed by atoms with E-state index in [4.69, 9.17) is 9.47 Å². The van der Waals surface area contributed by atoms with Gasteiger partial charge in [-0.2, -0.15) is 0 Å². The van der Waals surface area contributed by atoms with Crippen LogP contribution in [0.15, 0.2) is 53.4 Å². The number of rotatable bonds is 6. The molecule has 7 heteroatoms. The molecule has 1 N–H and O–H groups in total. The maximum absolute atomic E-state index is 12.6. The van der Waals surface area contributed by atoms with E-state index in [9.17, 15) is 8.42 Å². The first-order valence-corrected chi connectivity index (χ1v) is 10.1. The van der Waals surface area contributed by atoms with Gasteiger partial charge in [-0.15, -0.1) is 0 Å². The molecule has 26 heavy (non-hydrogen) atoms. The second kappa shape index (κ2) is 7.97. The van der Waals surface area contributed by atoms with Gasteiger partial charge in [0.1, 0.15) is 10.6 Å². The molecule has 1 fully saturated rings. The molecule has 0 bridgehead atoms. The van der Waals surface area contributed by atoms with Crippen molar-refractivity contribution in [3.05, 3.63) is 48.5 Å². The van der Waals surface area contributed by atoms with Gasteiger partial charge in [-0.05, 0) is 49.2 Å². The lowest BCUT2D eigenvalue weighted by Gasteiger charge is -2.33. The summed E-state index contributed by atoms with van der Waals surface area (Å²) in [4.78, 5) is 2.40. The van der Waals surface area contributed by atoms with Crippen LogP contribution in [-0.2, 0) is 14.8 Å². The zero-order valence-electron chi connectivity index (χ0n) is 15.0. The van der Waals surface area contributed by atoms with Crippen LogP contribution in [0.3, 0.4) is 0 Å². The van der Waals surface area contributed by atoms with Crippen LogP contribution >= 0.6 is 0 Å². The number of methoxy groups -OCH3 is 2. The molecule has 0 saturated carbocycles. The normalized spacial score (nSPS) is 15.7. The summed E-state index contributed by atoms with van der Waals surface area (Å²) < 4.78 is 38.4. The van der Waals surface area contributed by atoms with Crippen molar-refractivity contribution in [1.82, 2.24) is 0 Å². The second-order valence-corrected chi connectivity index (χ2v) is 7.88. The fourth-order valence-corrected chi connectivity index (χ4v) is 4.37. The molecule has 1 saturated heterocycles. The highest BCUT2D eigenvalue weighted by Gasteiger charge is 2.20. The Morgan fingerprint density at radius 2 is 1.65 bits per heavy atom. The summed E-state index contributed by atoms with van der Waals surface area (Å²) in [7, 11) is -0.502. The Morgan fingerprint density at radius 3 is 2.27 bits per heavy atom. The summed E-state index contributed by atoms with van der Waals surface area (Å²) in [6.45, 7) is 1.87. The molecule has 0 atom stereocenters. The zero-order valence-corrected chi connectivity index (χ0v) is 15.8. The van der Waals surface area contributed by atoms with Crippen molar-refractivity contribution >= 4 is 21.4 Å². The van der Waals surface area contributed by atoms with Gasteiger partial charge in [-0.25, -0.2) is 8.42 Å². The molecule has 1 aliphatic rings. The van der Waals surface area contributed by atoms with Gasteiger partial charge in [0.15, 0.2) is 0 Å². The fourth-order valence-electron chi connectivity index (χ4n) is 3.14. The van der Waals surface area contributed by atoms with E-state index in [0.717, 1.165) is 31.6 Å². The molecule has 0 aromatic heterocycles. The summed E-state index contributed by atoms with van der Waals surface area (Å²) in [6.07, 6.45) is 2.33. The number of benzene rings is 2. The smallest absolute Gasteiger partial charge is 0.265 e. The Hall–Kier alpha value is -2.25. The van der Waals surface area contributed by atoms with E-state index in [0.29, 0.717) is 17.5 Å². The van der Waals surface area contributed by atoms with Crippen LogP contribution in [-0.4, -0.2) is 41.8 Å². The average molecular weight is 376 g/mol. The average Bonchev–Trinajstić information content (AvgIpc) is 2.68. The van der Waals surface area contributed by atoms with Crippen LogP contribution in [0.4, 0.5) is 11.4 Å². The van der Waals surface area contributed by atoms with Crippen LogP contribution in [0.25, 0.3) is 0 Å². The standard InChI is InChI=1S/C19H24N2O4S/c1-24-17-11-13-21(14-12-17)16-9-7-15(8-10-16)20-26(22,23)19-6-4-3-5-18(19)25-2/h3-10,17,20H,11-14H2,1-2H3. The van der Waals surface area contributed by atoms with Gasteiger partial charge >= 0.3 is 0 Å². The molecule has 1 heterocycles. The number of nitrogens with one attached hydrogen (secondary N) is 1. The largest absolute Gasteiger partial charge is 0.495 e. The molecule has 0 amide bonds. The van der Waals surface area contributed by atoms with Gasteiger partial charge in [0.2, 0.25) is 0 Å². The Labute approximate surface area is 154 Å². The minimum Gasteiger partial charge on any atom is -0.495 e. The molecular formula is C19H24N2O4S. The summed E-state index contributed by atoms with van der Waals surface area (Å²) in [5, 5.41) is 0. The van der Waals surface area contributed by atoms with E-state index in [-0.39, 0.29) is 4.90 Å². The molecule has 0 radical (unpaired) electrons. The maximum Gasteiger partial charge on any atom is 0.265 e. The third kappa shape index (κ3) is 4.11. The third-order valence-corrected chi connectivity index (χ3v) is 6.04. The van der Waals surface area contributed by atoms with Gasteiger partial charge in [-0.3, -0.25) is 4.72 Å². The highest BCUT2D eigenvalue weighted by atomic mass is 32.2. The van der Waals surface area contributed by atoms with Crippen molar-refractivity contribution in [3.8, 4) is 5.75 Å². The van der Waals surface area contributed by atoms with Crippen LogP contribution < -0.4 is 14.4 Å². The highest BCUT2D eigenvalue weighted by molar-refractivity contribution is 7.92. The van der Waals surface area contributed by atoms with Crippen LogP contribution in [0, 0.1) is 0 Å². The van der Waals surface area contributed by atoms with Crippen molar-refractivity contribution in [3.63, 3.8) is 0 Å². The molecule has 1 aliphatic heterocycles. The summed E-state index contributed by atoms with van der Waals surface area (Å²) >= 11 is 0. The second-order valence-electron chi connectivity index (χ2n) is 6.23. The van der Waals surface area contributed by atoms with Crippen molar-refractivity contribution in [2.75, 3.05) is 36.9 Å². The Kier molecular flexibility index (Phi) is 5.68. The lowest BCUT2D eigenvalue weighted by atomic mass is 10.1. The van der Waals surface area contributed by atoms with Crippen LogP contribution in [0.5, 0.6) is 5.75 Å². The fraction of sp³-hybridized carbons (Fsp3) is 0.368. The monoisotopic (exact) mass is 376 g/mol. The van der Waals surface area contributed by atoms with E-state index in [1.165, 1.54) is 13.2 Å². The van der Waals surface area contributed by atoms with Crippen molar-refractivity contribution in [2.24, 2.45) is 0 Å². The quantitative estimate of drug-likeness (QED) is 0.839. The number of anilines is 2.